The maximum Gasteiger partial charge on any atom is 0.321 e. The number of hydrogen-bond acceptors (Lipinski definition) is 2. The maximum absolute atomic E-state index is 11.6. The van der Waals surface area contributed by atoms with Gasteiger partial charge in [-0.1, -0.05) is 17.7 Å². The normalized spacial score (nSPS) is 10.0. The highest BCUT2D eigenvalue weighted by atomic mass is 35.5. The van der Waals surface area contributed by atoms with E-state index in [2.05, 4.69) is 5.32 Å². The Morgan fingerprint density at radius 1 is 1.56 bits per heavy atom. The van der Waals surface area contributed by atoms with Crippen LogP contribution in [0.2, 0.25) is 5.02 Å². The molecule has 5 heteroatoms. The van der Waals surface area contributed by atoms with Gasteiger partial charge in [-0.3, -0.25) is 0 Å². The van der Waals surface area contributed by atoms with Gasteiger partial charge in [0.25, 0.3) is 0 Å². The van der Waals surface area contributed by atoms with Crippen molar-refractivity contribution in [2.75, 3.05) is 25.5 Å². The quantitative estimate of drug-likeness (QED) is 0.853. The number of carbonyl (C=O) groups is 1. The number of halogens is 1. The summed E-state index contributed by atoms with van der Waals surface area (Å²) in [7, 11) is 1.62. The highest BCUT2D eigenvalue weighted by Crippen LogP contribution is 2.22. The fourth-order valence-electron chi connectivity index (χ4n) is 1.21. The molecule has 16 heavy (non-hydrogen) atoms. The SMILES string of the molecule is Cc1c(Cl)cccc1NC(=O)N(C)CCO. The van der Waals surface area contributed by atoms with Crippen LogP contribution in [0.15, 0.2) is 18.2 Å². The first kappa shape index (κ1) is 12.8. The zero-order valence-corrected chi connectivity index (χ0v) is 10.1. The molecule has 0 spiro atoms. The lowest BCUT2D eigenvalue weighted by molar-refractivity contribution is 0.202. The third-order valence-corrected chi connectivity index (χ3v) is 2.70. The Labute approximate surface area is 99.8 Å². The molecular weight excluding hydrogens is 228 g/mol. The fraction of sp³-hybridized carbons (Fsp3) is 0.364. The lowest BCUT2D eigenvalue weighted by Crippen LogP contribution is -2.33. The number of hydrogen-bond donors (Lipinski definition) is 2. The van der Waals surface area contributed by atoms with Crippen molar-refractivity contribution < 1.29 is 9.90 Å². The largest absolute Gasteiger partial charge is 0.395 e. The summed E-state index contributed by atoms with van der Waals surface area (Å²) in [5.41, 5.74) is 1.51. The summed E-state index contributed by atoms with van der Waals surface area (Å²) in [5.74, 6) is 0. The molecule has 0 heterocycles. The molecule has 4 nitrogen and oxygen atoms in total. The van der Waals surface area contributed by atoms with E-state index >= 15 is 0 Å². The van der Waals surface area contributed by atoms with Gasteiger partial charge >= 0.3 is 6.03 Å². The molecule has 0 atom stereocenters. The number of benzene rings is 1. The second-order valence-electron chi connectivity index (χ2n) is 3.49. The number of rotatable bonds is 3. The van der Waals surface area contributed by atoms with Gasteiger partial charge in [-0.05, 0) is 24.6 Å². The van der Waals surface area contributed by atoms with Gasteiger partial charge in [-0.15, -0.1) is 0 Å². The number of nitrogens with one attached hydrogen (secondary N) is 1. The Balaban J connectivity index is 2.73. The topological polar surface area (TPSA) is 52.6 Å². The van der Waals surface area contributed by atoms with Gasteiger partial charge in [0.15, 0.2) is 0 Å². The van der Waals surface area contributed by atoms with E-state index in [9.17, 15) is 4.79 Å². The predicted molar refractivity (Wildman–Crippen MR) is 64.9 cm³/mol. The molecule has 0 bridgehead atoms. The van der Waals surface area contributed by atoms with Gasteiger partial charge in [-0.2, -0.15) is 0 Å². The van der Waals surface area contributed by atoms with Gasteiger partial charge in [0.2, 0.25) is 0 Å². The Morgan fingerprint density at radius 2 is 2.25 bits per heavy atom. The molecule has 0 aliphatic heterocycles. The molecule has 2 amide bonds. The summed E-state index contributed by atoms with van der Waals surface area (Å²) in [6, 6.07) is 5.06. The maximum atomic E-state index is 11.6. The van der Waals surface area contributed by atoms with Gasteiger partial charge in [-0.25, -0.2) is 4.79 Å². The highest BCUT2D eigenvalue weighted by Gasteiger charge is 2.10. The second kappa shape index (κ2) is 5.72. The number of likely N-dealkylation sites (N-methyl/N-ethyl adjacent to an activating group) is 1. The van der Waals surface area contributed by atoms with Crippen molar-refractivity contribution in [2.24, 2.45) is 0 Å². The Hall–Kier alpha value is -1.26. The Kier molecular flexibility index (Phi) is 4.58. The first-order valence-corrected chi connectivity index (χ1v) is 5.32. The summed E-state index contributed by atoms with van der Waals surface area (Å²) < 4.78 is 0. The first-order chi connectivity index (χ1) is 7.56. The minimum absolute atomic E-state index is 0.0571. The number of aliphatic hydroxyl groups is 1. The van der Waals surface area contributed by atoms with Crippen molar-refractivity contribution in [3.63, 3.8) is 0 Å². The molecule has 0 saturated heterocycles. The minimum atomic E-state index is -0.264. The average molecular weight is 243 g/mol. The summed E-state index contributed by atoms with van der Waals surface area (Å²) in [5, 5.41) is 12.0. The average Bonchev–Trinajstić information content (AvgIpc) is 2.25. The number of urea groups is 1. The van der Waals surface area contributed by atoms with E-state index in [-0.39, 0.29) is 12.6 Å². The second-order valence-corrected chi connectivity index (χ2v) is 3.89. The zero-order chi connectivity index (χ0) is 12.1. The van der Waals surface area contributed by atoms with E-state index in [0.29, 0.717) is 17.3 Å². The molecule has 1 rings (SSSR count). The smallest absolute Gasteiger partial charge is 0.321 e. The minimum Gasteiger partial charge on any atom is -0.395 e. The molecular formula is C11H15ClN2O2. The first-order valence-electron chi connectivity index (χ1n) is 4.94. The molecule has 0 aliphatic carbocycles. The third-order valence-electron chi connectivity index (χ3n) is 2.29. The van der Waals surface area contributed by atoms with Crippen LogP contribution in [0.1, 0.15) is 5.56 Å². The zero-order valence-electron chi connectivity index (χ0n) is 9.33. The molecule has 0 fully saturated rings. The third kappa shape index (κ3) is 3.12. The van der Waals surface area contributed by atoms with Gasteiger partial charge in [0.1, 0.15) is 0 Å². The summed E-state index contributed by atoms with van der Waals surface area (Å²) in [6.07, 6.45) is 0. The van der Waals surface area contributed by atoms with Crippen LogP contribution < -0.4 is 5.32 Å². The van der Waals surface area contributed by atoms with Gasteiger partial charge in [0, 0.05) is 24.3 Å². The Morgan fingerprint density at radius 3 is 2.88 bits per heavy atom. The molecule has 0 aromatic heterocycles. The molecule has 88 valence electrons. The summed E-state index contributed by atoms with van der Waals surface area (Å²) in [6.45, 7) is 2.08. The van der Waals surface area contributed by atoms with E-state index in [1.165, 1.54) is 4.90 Å². The van der Waals surface area contributed by atoms with Crippen molar-refractivity contribution in [3.8, 4) is 0 Å². The number of nitrogens with zero attached hydrogens (tertiary/aromatic N) is 1. The van der Waals surface area contributed by atoms with Crippen molar-refractivity contribution in [2.45, 2.75) is 6.92 Å². The molecule has 1 aromatic carbocycles. The molecule has 2 N–H and O–H groups in total. The van der Waals surface area contributed by atoms with Crippen LogP contribution >= 0.6 is 11.6 Å². The number of carbonyl (C=O) groups excluding carboxylic acids is 1. The van der Waals surface area contributed by atoms with Crippen LogP contribution in [-0.2, 0) is 0 Å². The van der Waals surface area contributed by atoms with E-state index in [1.54, 1.807) is 25.2 Å². The van der Waals surface area contributed by atoms with Gasteiger partial charge < -0.3 is 15.3 Å². The summed E-state index contributed by atoms with van der Waals surface area (Å²) in [4.78, 5) is 13.0. The van der Waals surface area contributed by atoms with Crippen LogP contribution in [0.3, 0.4) is 0 Å². The lowest BCUT2D eigenvalue weighted by atomic mass is 10.2. The number of amides is 2. The number of anilines is 1. The van der Waals surface area contributed by atoms with Crippen LogP contribution in [-0.4, -0.2) is 36.2 Å². The van der Waals surface area contributed by atoms with E-state index in [1.807, 2.05) is 6.92 Å². The van der Waals surface area contributed by atoms with Crippen molar-refractivity contribution >= 4 is 23.3 Å². The molecule has 0 saturated carbocycles. The van der Waals surface area contributed by atoms with Crippen LogP contribution in [0.4, 0.5) is 10.5 Å². The Bertz CT molecular complexity index is 382. The summed E-state index contributed by atoms with van der Waals surface area (Å²) >= 11 is 5.93. The van der Waals surface area contributed by atoms with Crippen LogP contribution in [0.5, 0.6) is 0 Å². The van der Waals surface area contributed by atoms with E-state index in [4.69, 9.17) is 16.7 Å². The van der Waals surface area contributed by atoms with E-state index in [0.717, 1.165) is 5.56 Å². The van der Waals surface area contributed by atoms with E-state index < -0.39 is 0 Å². The number of aliphatic hydroxyl groups excluding tert-OH is 1. The highest BCUT2D eigenvalue weighted by molar-refractivity contribution is 6.31. The molecule has 0 aliphatic rings. The van der Waals surface area contributed by atoms with Crippen molar-refractivity contribution in [1.82, 2.24) is 4.90 Å². The molecule has 0 unspecified atom stereocenters. The van der Waals surface area contributed by atoms with Crippen LogP contribution in [0, 0.1) is 6.92 Å². The molecule has 1 aromatic rings. The van der Waals surface area contributed by atoms with Crippen molar-refractivity contribution in [3.05, 3.63) is 28.8 Å². The van der Waals surface area contributed by atoms with Crippen LogP contribution in [0.25, 0.3) is 0 Å². The monoisotopic (exact) mass is 242 g/mol. The fourth-order valence-corrected chi connectivity index (χ4v) is 1.38. The lowest BCUT2D eigenvalue weighted by Gasteiger charge is -2.17. The molecule has 0 radical (unpaired) electrons. The van der Waals surface area contributed by atoms with Gasteiger partial charge in [0.05, 0.1) is 6.61 Å². The van der Waals surface area contributed by atoms with Crippen molar-refractivity contribution in [1.29, 1.82) is 0 Å². The standard InChI is InChI=1S/C11H15ClN2O2/c1-8-9(12)4-3-5-10(8)13-11(16)14(2)6-7-15/h3-5,15H,6-7H2,1-2H3,(H,13,16). The predicted octanol–water partition coefficient (Wildman–Crippen LogP) is 2.10.